The first kappa shape index (κ1) is 23.5. The van der Waals surface area contributed by atoms with Crippen LogP contribution >= 0.6 is 0 Å². The van der Waals surface area contributed by atoms with Crippen LogP contribution in [0.5, 0.6) is 0 Å². The van der Waals surface area contributed by atoms with Gasteiger partial charge in [0, 0.05) is 0 Å². The molecule has 0 fully saturated rings. The second-order valence-electron chi connectivity index (χ2n) is 8.25. The Morgan fingerprint density at radius 1 is 1.04 bits per heavy atom. The average molecular weight is 356 g/mol. The number of aryl methyl sites for hydroxylation is 1. The Bertz CT molecular complexity index is 420. The highest BCUT2D eigenvalue weighted by molar-refractivity contribution is 5.59. The Kier molecular flexibility index (Phi) is 12.9. The summed E-state index contributed by atoms with van der Waals surface area (Å²) in [5, 5.41) is 0. The summed E-state index contributed by atoms with van der Waals surface area (Å²) in [5.41, 5.74) is 0.345. The van der Waals surface area contributed by atoms with E-state index in [-0.39, 0.29) is 0 Å². The molecule has 1 N–H and O–H groups in total. The number of unbranched alkanes of at least 4 members (excludes halogenated alkanes) is 2. The molecule has 0 bridgehead atoms. The molecule has 1 aromatic rings. The lowest BCUT2D eigenvalue weighted by Crippen LogP contribution is -2.30. The quantitative estimate of drug-likeness (QED) is 0.380. The number of nitrogens with zero attached hydrogens (tertiary/aromatic N) is 1. The summed E-state index contributed by atoms with van der Waals surface area (Å²) in [6, 6.07) is 0. The maximum atomic E-state index is 11.3. The van der Waals surface area contributed by atoms with Gasteiger partial charge in [-0.25, -0.2) is 9.36 Å². The SMILES string of the molecule is CC(C)(C)CCCCOC(=O)OCCCC[n+]1cc[nH]c1.CC(C)C. The fourth-order valence-electron chi connectivity index (χ4n) is 1.97. The largest absolute Gasteiger partial charge is 0.508 e. The number of carbonyl (C=O) groups excluding carboxylic acids is 1. The molecule has 0 aliphatic heterocycles. The second-order valence-corrected chi connectivity index (χ2v) is 8.25. The van der Waals surface area contributed by atoms with E-state index in [0.717, 1.165) is 44.6 Å². The van der Waals surface area contributed by atoms with Gasteiger partial charge in [0.05, 0.1) is 19.8 Å². The van der Waals surface area contributed by atoms with Gasteiger partial charge in [-0.2, -0.15) is 0 Å². The highest BCUT2D eigenvalue weighted by Gasteiger charge is 2.09. The van der Waals surface area contributed by atoms with E-state index < -0.39 is 6.16 Å². The molecule has 0 aliphatic carbocycles. The van der Waals surface area contributed by atoms with Crippen molar-refractivity contribution in [2.45, 2.75) is 80.2 Å². The van der Waals surface area contributed by atoms with Crippen LogP contribution in [-0.2, 0) is 16.0 Å². The van der Waals surface area contributed by atoms with Crippen molar-refractivity contribution in [3.05, 3.63) is 18.7 Å². The van der Waals surface area contributed by atoms with Gasteiger partial charge in [0.2, 0.25) is 6.33 Å². The highest BCUT2D eigenvalue weighted by atomic mass is 16.7. The number of ether oxygens (including phenoxy) is 2. The van der Waals surface area contributed by atoms with Gasteiger partial charge in [-0.3, -0.25) is 4.98 Å². The van der Waals surface area contributed by atoms with E-state index in [2.05, 4.69) is 51.1 Å². The van der Waals surface area contributed by atoms with Crippen LogP contribution in [0, 0.1) is 11.3 Å². The van der Waals surface area contributed by atoms with E-state index >= 15 is 0 Å². The summed E-state index contributed by atoms with van der Waals surface area (Å²) in [4.78, 5) is 14.3. The number of rotatable bonds is 9. The molecular weight excluding hydrogens is 316 g/mol. The molecule has 0 radical (unpaired) electrons. The molecule has 0 unspecified atom stereocenters. The molecule has 0 amide bonds. The van der Waals surface area contributed by atoms with E-state index in [1.807, 2.05) is 18.7 Å². The molecule has 0 saturated heterocycles. The summed E-state index contributed by atoms with van der Waals surface area (Å²) in [5.74, 6) is 0.833. The number of carbonyl (C=O) groups is 1. The zero-order valence-electron chi connectivity index (χ0n) is 17.1. The predicted molar refractivity (Wildman–Crippen MR) is 101 cm³/mol. The summed E-state index contributed by atoms with van der Waals surface area (Å²) in [6.45, 7) is 14.9. The molecule has 1 heterocycles. The molecule has 0 spiro atoms. The van der Waals surface area contributed by atoms with E-state index in [1.54, 1.807) is 0 Å². The van der Waals surface area contributed by atoms with E-state index in [1.165, 1.54) is 0 Å². The lowest BCUT2D eigenvalue weighted by molar-refractivity contribution is -0.696. The van der Waals surface area contributed by atoms with Crippen LogP contribution in [0.2, 0.25) is 0 Å². The minimum Gasteiger partial charge on any atom is -0.434 e. The van der Waals surface area contributed by atoms with Gasteiger partial charge in [-0.1, -0.05) is 41.5 Å². The lowest BCUT2D eigenvalue weighted by atomic mass is 9.90. The molecule has 146 valence electrons. The molecule has 0 saturated carbocycles. The Labute approximate surface area is 154 Å². The maximum absolute atomic E-state index is 11.3. The van der Waals surface area contributed by atoms with Crippen molar-refractivity contribution in [1.82, 2.24) is 4.98 Å². The molecule has 5 nitrogen and oxygen atoms in total. The fourth-order valence-corrected chi connectivity index (χ4v) is 1.97. The topological polar surface area (TPSA) is 55.2 Å². The monoisotopic (exact) mass is 355 g/mol. The zero-order chi connectivity index (χ0) is 19.1. The van der Waals surface area contributed by atoms with Crippen LogP contribution in [0.1, 0.15) is 73.6 Å². The first-order valence-electron chi connectivity index (χ1n) is 9.52. The summed E-state index contributed by atoms with van der Waals surface area (Å²) < 4.78 is 12.1. The van der Waals surface area contributed by atoms with E-state index in [0.29, 0.717) is 18.6 Å². The van der Waals surface area contributed by atoms with Crippen LogP contribution in [0.25, 0.3) is 0 Å². The van der Waals surface area contributed by atoms with Crippen LogP contribution in [0.3, 0.4) is 0 Å². The minimum absolute atomic E-state index is 0.345. The molecule has 1 aromatic heterocycles. The first-order valence-corrected chi connectivity index (χ1v) is 9.52. The highest BCUT2D eigenvalue weighted by Crippen LogP contribution is 2.21. The molecule has 0 aliphatic rings. The van der Waals surface area contributed by atoms with Gasteiger partial charge in [0.1, 0.15) is 12.4 Å². The van der Waals surface area contributed by atoms with E-state index in [9.17, 15) is 4.79 Å². The molecule has 0 atom stereocenters. The van der Waals surface area contributed by atoms with Gasteiger partial charge in [0.25, 0.3) is 0 Å². The van der Waals surface area contributed by atoms with E-state index in [4.69, 9.17) is 9.47 Å². The van der Waals surface area contributed by atoms with Crippen LogP contribution in [0.15, 0.2) is 18.7 Å². The van der Waals surface area contributed by atoms with Gasteiger partial charge >= 0.3 is 6.16 Å². The predicted octanol–water partition coefficient (Wildman–Crippen LogP) is 5.11. The zero-order valence-corrected chi connectivity index (χ0v) is 17.1. The fraction of sp³-hybridized carbons (Fsp3) is 0.800. The van der Waals surface area contributed by atoms with Gasteiger partial charge in [-0.15, -0.1) is 0 Å². The first-order chi connectivity index (χ1) is 11.7. The van der Waals surface area contributed by atoms with Crippen LogP contribution in [-0.4, -0.2) is 24.4 Å². The van der Waals surface area contributed by atoms with Crippen molar-refractivity contribution in [3.8, 4) is 0 Å². The number of H-pyrrole nitrogens is 1. The Morgan fingerprint density at radius 2 is 1.60 bits per heavy atom. The van der Waals surface area contributed by atoms with Crippen molar-refractivity contribution < 1.29 is 18.8 Å². The molecule has 5 heteroatoms. The lowest BCUT2D eigenvalue weighted by Gasteiger charge is -2.17. The van der Waals surface area contributed by atoms with Crippen LogP contribution in [0.4, 0.5) is 4.79 Å². The van der Waals surface area contributed by atoms with Crippen LogP contribution < -0.4 is 4.57 Å². The Hall–Kier alpha value is -1.52. The summed E-state index contributed by atoms with van der Waals surface area (Å²) in [7, 11) is 0. The molecule has 25 heavy (non-hydrogen) atoms. The number of imidazole rings is 1. The number of aromatic amines is 1. The van der Waals surface area contributed by atoms with Gasteiger partial charge in [-0.05, 0) is 43.4 Å². The van der Waals surface area contributed by atoms with Crippen molar-refractivity contribution >= 4 is 6.16 Å². The maximum Gasteiger partial charge on any atom is 0.508 e. The number of hydrogen-bond acceptors (Lipinski definition) is 3. The normalized spacial score (nSPS) is 11.0. The molecule has 1 rings (SSSR count). The second kappa shape index (κ2) is 13.7. The van der Waals surface area contributed by atoms with Crippen molar-refractivity contribution in [1.29, 1.82) is 0 Å². The summed E-state index contributed by atoms with van der Waals surface area (Å²) >= 11 is 0. The summed E-state index contributed by atoms with van der Waals surface area (Å²) in [6.07, 6.45) is 10.2. The smallest absolute Gasteiger partial charge is 0.434 e. The minimum atomic E-state index is -0.542. The van der Waals surface area contributed by atoms with Gasteiger partial charge < -0.3 is 9.47 Å². The third-order valence-corrected chi connectivity index (χ3v) is 3.17. The Morgan fingerprint density at radius 3 is 2.08 bits per heavy atom. The molecular formula is C20H39N2O3+. The third kappa shape index (κ3) is 18.7. The van der Waals surface area contributed by atoms with Crippen molar-refractivity contribution in [2.24, 2.45) is 11.3 Å². The number of nitrogens with one attached hydrogen (secondary N) is 1. The van der Waals surface area contributed by atoms with Crippen molar-refractivity contribution in [2.75, 3.05) is 13.2 Å². The van der Waals surface area contributed by atoms with Crippen molar-refractivity contribution in [3.63, 3.8) is 0 Å². The Balaban J connectivity index is 0.00000129. The number of aromatic nitrogens is 2. The average Bonchev–Trinajstić information content (AvgIpc) is 2.98. The number of hydrogen-bond donors (Lipinski definition) is 1. The van der Waals surface area contributed by atoms with Gasteiger partial charge in [0.15, 0.2) is 0 Å². The third-order valence-electron chi connectivity index (χ3n) is 3.17. The molecule has 0 aromatic carbocycles. The standard InChI is InChI=1S/C16H28N2O3.C4H10/c1-16(2,3)8-4-6-12-20-15(19)21-13-7-5-10-18-11-9-17-14-18;1-4(2)3/h9,11,14H,4-8,10,12-13H2,1-3H3;4H,1-3H3/p+1.